The summed E-state index contributed by atoms with van der Waals surface area (Å²) in [5.41, 5.74) is 0.544. The highest BCUT2D eigenvalue weighted by Crippen LogP contribution is 2.10. The third-order valence-electron chi connectivity index (χ3n) is 1.96. The highest BCUT2D eigenvalue weighted by Gasteiger charge is 2.09. The maximum Gasteiger partial charge on any atom is 0.252 e. The Kier molecular flexibility index (Phi) is 5.92. The van der Waals surface area contributed by atoms with Crippen molar-refractivity contribution in [2.75, 3.05) is 19.7 Å². The Bertz CT molecular complexity index is 409. The van der Waals surface area contributed by atoms with Crippen LogP contribution in [0.5, 0.6) is 0 Å². The summed E-state index contributed by atoms with van der Waals surface area (Å²) in [5, 5.41) is 13.5. The van der Waals surface area contributed by atoms with Crippen molar-refractivity contribution in [3.8, 4) is 0 Å². The summed E-state index contributed by atoms with van der Waals surface area (Å²) in [6.07, 6.45) is 0. The molecule has 17 heavy (non-hydrogen) atoms. The average Bonchev–Trinajstić information content (AvgIpc) is 2.34. The van der Waals surface area contributed by atoms with Crippen molar-refractivity contribution in [1.82, 2.24) is 10.6 Å². The summed E-state index contributed by atoms with van der Waals surface area (Å²) in [5.74, 6) is -0.604. The van der Waals surface area contributed by atoms with E-state index in [0.29, 0.717) is 5.56 Å². The number of rotatable bonds is 5. The second kappa shape index (κ2) is 7.23. The molecule has 6 heteroatoms. The molecule has 3 N–H and O–H groups in total. The Hall–Kier alpha value is -1.15. The molecule has 0 aliphatic rings. The summed E-state index contributed by atoms with van der Waals surface area (Å²) in [7, 11) is 0. The molecule has 1 rings (SSSR count). The molecule has 0 heterocycles. The van der Waals surface area contributed by atoms with Gasteiger partial charge in [-0.2, -0.15) is 0 Å². The average molecular weight is 348 g/mol. The Balaban J connectivity index is 2.45. The monoisotopic (exact) mass is 348 g/mol. The van der Waals surface area contributed by atoms with E-state index in [1.54, 1.807) is 12.1 Å². The molecule has 0 atom stereocenters. The minimum atomic E-state index is -0.321. The van der Waals surface area contributed by atoms with Gasteiger partial charge in [0.2, 0.25) is 5.91 Å². The quantitative estimate of drug-likeness (QED) is 0.662. The zero-order valence-corrected chi connectivity index (χ0v) is 11.2. The van der Waals surface area contributed by atoms with Crippen LogP contribution in [0.15, 0.2) is 24.3 Å². The van der Waals surface area contributed by atoms with E-state index in [1.807, 2.05) is 12.1 Å². The highest BCUT2D eigenvalue weighted by molar-refractivity contribution is 14.1. The lowest BCUT2D eigenvalue weighted by Gasteiger charge is -2.06. The van der Waals surface area contributed by atoms with Crippen LogP contribution in [0.4, 0.5) is 0 Å². The zero-order valence-electron chi connectivity index (χ0n) is 9.07. The van der Waals surface area contributed by atoms with Gasteiger partial charge < -0.3 is 15.7 Å². The van der Waals surface area contributed by atoms with Gasteiger partial charge >= 0.3 is 0 Å². The lowest BCUT2D eigenvalue weighted by molar-refractivity contribution is -0.120. The third-order valence-corrected chi connectivity index (χ3v) is 2.90. The lowest BCUT2D eigenvalue weighted by atomic mass is 10.2. The van der Waals surface area contributed by atoms with E-state index < -0.39 is 0 Å². The number of benzene rings is 1. The van der Waals surface area contributed by atoms with Crippen molar-refractivity contribution in [3.05, 3.63) is 33.4 Å². The van der Waals surface area contributed by atoms with Crippen molar-refractivity contribution < 1.29 is 14.7 Å². The van der Waals surface area contributed by atoms with Crippen molar-refractivity contribution in [3.63, 3.8) is 0 Å². The molecular formula is C11H13IN2O3. The van der Waals surface area contributed by atoms with Crippen molar-refractivity contribution >= 4 is 34.4 Å². The van der Waals surface area contributed by atoms with E-state index in [2.05, 4.69) is 33.2 Å². The second-order valence-electron chi connectivity index (χ2n) is 3.24. The number of aliphatic hydroxyl groups excluding tert-OH is 1. The number of hydrogen-bond acceptors (Lipinski definition) is 3. The fourth-order valence-corrected chi connectivity index (χ4v) is 1.79. The van der Waals surface area contributed by atoms with Crippen molar-refractivity contribution in [2.24, 2.45) is 0 Å². The van der Waals surface area contributed by atoms with Crippen LogP contribution in [0.3, 0.4) is 0 Å². The van der Waals surface area contributed by atoms with E-state index in [9.17, 15) is 9.59 Å². The van der Waals surface area contributed by atoms with Crippen LogP contribution in [0, 0.1) is 3.57 Å². The van der Waals surface area contributed by atoms with Gasteiger partial charge in [0, 0.05) is 10.1 Å². The van der Waals surface area contributed by atoms with Gasteiger partial charge in [-0.3, -0.25) is 9.59 Å². The van der Waals surface area contributed by atoms with Gasteiger partial charge in [-0.1, -0.05) is 12.1 Å². The van der Waals surface area contributed by atoms with Crippen molar-refractivity contribution in [1.29, 1.82) is 0 Å². The fourth-order valence-electron chi connectivity index (χ4n) is 1.16. The number of nitrogens with one attached hydrogen (secondary N) is 2. The topological polar surface area (TPSA) is 78.4 Å². The summed E-state index contributed by atoms with van der Waals surface area (Å²) < 4.78 is 0.832. The lowest BCUT2D eigenvalue weighted by Crippen LogP contribution is -2.38. The summed E-state index contributed by atoms with van der Waals surface area (Å²) in [6, 6.07) is 7.12. The van der Waals surface area contributed by atoms with Gasteiger partial charge in [-0.15, -0.1) is 0 Å². The standard InChI is InChI=1S/C11H13IN2O3/c12-9-4-2-1-3-8(9)11(17)14-7-10(16)13-5-6-15/h1-4,15H,5-7H2,(H,13,16)(H,14,17). The van der Waals surface area contributed by atoms with Crippen molar-refractivity contribution in [2.45, 2.75) is 0 Å². The van der Waals surface area contributed by atoms with E-state index in [-0.39, 0.29) is 31.5 Å². The normalized spacial score (nSPS) is 9.76. The molecule has 0 aliphatic carbocycles. The maximum absolute atomic E-state index is 11.7. The third kappa shape index (κ3) is 4.70. The van der Waals surface area contributed by atoms with Gasteiger partial charge in [0.25, 0.3) is 5.91 Å². The fraction of sp³-hybridized carbons (Fsp3) is 0.273. The van der Waals surface area contributed by atoms with Crippen LogP contribution in [-0.2, 0) is 4.79 Å². The molecule has 0 saturated carbocycles. The van der Waals surface area contributed by atoms with E-state index in [4.69, 9.17) is 5.11 Å². The zero-order chi connectivity index (χ0) is 12.7. The largest absolute Gasteiger partial charge is 0.395 e. The van der Waals surface area contributed by atoms with Crippen LogP contribution in [0.1, 0.15) is 10.4 Å². The molecular weight excluding hydrogens is 335 g/mol. The van der Waals surface area contributed by atoms with Crippen LogP contribution in [0.2, 0.25) is 0 Å². The van der Waals surface area contributed by atoms with Gasteiger partial charge in [0.1, 0.15) is 0 Å². The number of hydrogen-bond donors (Lipinski definition) is 3. The molecule has 0 aliphatic heterocycles. The van der Waals surface area contributed by atoms with Gasteiger partial charge in [-0.05, 0) is 34.7 Å². The van der Waals surface area contributed by atoms with Gasteiger partial charge in [0.15, 0.2) is 0 Å². The summed E-state index contributed by atoms with van der Waals surface area (Å²) in [6.45, 7) is -0.0162. The Morgan fingerprint density at radius 3 is 2.59 bits per heavy atom. The molecule has 5 nitrogen and oxygen atoms in total. The first-order valence-corrected chi connectivity index (χ1v) is 6.13. The molecule has 0 spiro atoms. The summed E-state index contributed by atoms with van der Waals surface area (Å²) >= 11 is 2.06. The second-order valence-corrected chi connectivity index (χ2v) is 4.40. The smallest absolute Gasteiger partial charge is 0.252 e. The first-order valence-electron chi connectivity index (χ1n) is 5.05. The Morgan fingerprint density at radius 2 is 1.94 bits per heavy atom. The molecule has 1 aromatic carbocycles. The first kappa shape index (κ1) is 13.9. The molecule has 0 radical (unpaired) electrons. The summed E-state index contributed by atoms with van der Waals surface area (Å²) in [4.78, 5) is 22.9. The number of carbonyl (C=O) groups is 2. The minimum absolute atomic E-state index is 0.0934. The SMILES string of the molecule is O=C(CNC(=O)c1ccccc1I)NCCO. The van der Waals surface area contributed by atoms with Gasteiger partial charge in [-0.25, -0.2) is 0 Å². The molecule has 0 saturated heterocycles. The van der Waals surface area contributed by atoms with Crippen LogP contribution >= 0.6 is 22.6 Å². The molecule has 0 fully saturated rings. The van der Waals surface area contributed by atoms with E-state index >= 15 is 0 Å². The molecule has 2 amide bonds. The number of amides is 2. The highest BCUT2D eigenvalue weighted by atomic mass is 127. The minimum Gasteiger partial charge on any atom is -0.395 e. The van der Waals surface area contributed by atoms with E-state index in [0.717, 1.165) is 3.57 Å². The number of halogens is 1. The molecule has 92 valence electrons. The molecule has 0 bridgehead atoms. The maximum atomic E-state index is 11.7. The Labute approximate surface area is 113 Å². The van der Waals surface area contributed by atoms with Gasteiger partial charge in [0.05, 0.1) is 18.7 Å². The Morgan fingerprint density at radius 1 is 1.24 bits per heavy atom. The first-order chi connectivity index (χ1) is 8.15. The predicted octanol–water partition coefficient (Wildman–Crippen LogP) is 0.130. The molecule has 1 aromatic rings. The number of carbonyl (C=O) groups excluding carboxylic acids is 2. The predicted molar refractivity (Wildman–Crippen MR) is 71.6 cm³/mol. The van der Waals surface area contributed by atoms with Crippen LogP contribution < -0.4 is 10.6 Å². The number of aliphatic hydroxyl groups is 1. The molecule has 0 aromatic heterocycles. The van der Waals surface area contributed by atoms with E-state index in [1.165, 1.54) is 0 Å². The molecule has 0 unspecified atom stereocenters. The van der Waals surface area contributed by atoms with Crippen LogP contribution in [0.25, 0.3) is 0 Å². The van der Waals surface area contributed by atoms with Crippen LogP contribution in [-0.4, -0.2) is 36.6 Å².